The maximum absolute atomic E-state index is 12.3. The van der Waals surface area contributed by atoms with Gasteiger partial charge in [-0.15, -0.1) is 10.2 Å². The van der Waals surface area contributed by atoms with E-state index in [1.807, 2.05) is 25.1 Å². The van der Waals surface area contributed by atoms with Gasteiger partial charge in [-0.05, 0) is 42.4 Å². The zero-order chi connectivity index (χ0) is 17.3. The summed E-state index contributed by atoms with van der Waals surface area (Å²) in [4.78, 5) is 0.140. The van der Waals surface area contributed by atoms with Crippen LogP contribution in [0.25, 0.3) is 21.1 Å². The molecule has 1 aromatic heterocycles. The van der Waals surface area contributed by atoms with E-state index in [1.54, 1.807) is 12.1 Å². The van der Waals surface area contributed by atoms with Crippen LogP contribution in [-0.2, 0) is 0 Å². The minimum atomic E-state index is -4.29. The van der Waals surface area contributed by atoms with Crippen molar-refractivity contribution in [3.05, 3.63) is 53.1 Å². The minimum absolute atomic E-state index is 0.138. The highest BCUT2D eigenvalue weighted by molar-refractivity contribution is 8.00. The number of hydrogen-bond donors (Lipinski definition) is 0. The summed E-state index contributed by atoms with van der Waals surface area (Å²) in [6, 6.07) is 11.7. The lowest BCUT2D eigenvalue weighted by Gasteiger charge is -2.05. The first-order chi connectivity index (χ1) is 11.3. The molecule has 0 aliphatic rings. The van der Waals surface area contributed by atoms with Crippen LogP contribution < -0.4 is 0 Å². The van der Waals surface area contributed by atoms with E-state index in [0.717, 1.165) is 16.7 Å². The van der Waals surface area contributed by atoms with Gasteiger partial charge in [-0.1, -0.05) is 47.2 Å². The number of alkyl halides is 3. The molecule has 0 saturated heterocycles. The average Bonchev–Trinajstić information content (AvgIpc) is 2.99. The Hall–Kier alpha value is -1.57. The fourth-order valence-electron chi connectivity index (χ4n) is 1.98. The molecule has 0 unspecified atom stereocenters. The Labute approximate surface area is 149 Å². The van der Waals surface area contributed by atoms with E-state index >= 15 is 0 Å². The van der Waals surface area contributed by atoms with Crippen molar-refractivity contribution in [3.63, 3.8) is 0 Å². The van der Waals surface area contributed by atoms with Crippen LogP contribution in [0, 0.1) is 6.92 Å². The lowest BCUT2D eigenvalue weighted by molar-refractivity contribution is -0.0328. The molecule has 0 radical (unpaired) electrons. The molecule has 0 aliphatic carbocycles. The number of thioether (sulfide) groups is 1. The zero-order valence-electron chi connectivity index (χ0n) is 12.3. The Morgan fingerprint density at radius 3 is 2.12 bits per heavy atom. The van der Waals surface area contributed by atoms with E-state index in [9.17, 15) is 13.2 Å². The van der Waals surface area contributed by atoms with Gasteiger partial charge in [0.1, 0.15) is 10.0 Å². The van der Waals surface area contributed by atoms with Crippen LogP contribution in [0.15, 0.2) is 47.4 Å². The van der Waals surface area contributed by atoms with Crippen molar-refractivity contribution in [2.24, 2.45) is 0 Å². The van der Waals surface area contributed by atoms with Gasteiger partial charge in [0.05, 0.1) is 0 Å². The summed E-state index contributed by atoms with van der Waals surface area (Å²) in [5.74, 6) is 0. The number of hydrogen-bond acceptors (Lipinski definition) is 4. The van der Waals surface area contributed by atoms with Crippen LogP contribution in [0.3, 0.4) is 0 Å². The topological polar surface area (TPSA) is 25.8 Å². The van der Waals surface area contributed by atoms with Gasteiger partial charge >= 0.3 is 5.51 Å². The molecule has 0 bridgehead atoms. The third-order valence-corrected chi connectivity index (χ3v) is 5.35. The monoisotopic (exact) mass is 386 g/mol. The highest BCUT2D eigenvalue weighted by atomic mass is 35.5. The van der Waals surface area contributed by atoms with E-state index in [1.165, 1.54) is 23.5 Å². The van der Waals surface area contributed by atoms with Crippen molar-refractivity contribution in [1.82, 2.24) is 10.2 Å². The Bertz CT molecular complexity index is 861. The molecule has 0 spiro atoms. The molecule has 0 atom stereocenters. The number of aromatic nitrogens is 2. The molecule has 0 aliphatic heterocycles. The van der Waals surface area contributed by atoms with Gasteiger partial charge in [-0.3, -0.25) is 0 Å². The molecule has 3 aromatic rings. The minimum Gasteiger partial charge on any atom is -0.160 e. The van der Waals surface area contributed by atoms with E-state index in [0.29, 0.717) is 15.0 Å². The first kappa shape index (κ1) is 17.3. The largest absolute Gasteiger partial charge is 0.446 e. The summed E-state index contributed by atoms with van der Waals surface area (Å²) in [5, 5.41) is 10.3. The molecule has 1 heterocycles. The second-order valence-electron chi connectivity index (χ2n) is 4.95. The first-order valence-corrected chi connectivity index (χ1v) is 8.79. The molecule has 0 saturated carbocycles. The quantitative estimate of drug-likeness (QED) is 0.484. The van der Waals surface area contributed by atoms with Gasteiger partial charge < -0.3 is 0 Å². The Kier molecular flexibility index (Phi) is 4.85. The van der Waals surface area contributed by atoms with Crippen molar-refractivity contribution in [2.75, 3.05) is 0 Å². The second-order valence-corrected chi connectivity index (χ2v) is 7.47. The smallest absolute Gasteiger partial charge is 0.160 e. The Morgan fingerprint density at radius 1 is 0.958 bits per heavy atom. The van der Waals surface area contributed by atoms with Crippen molar-refractivity contribution >= 4 is 34.7 Å². The van der Waals surface area contributed by atoms with Crippen molar-refractivity contribution in [1.29, 1.82) is 0 Å². The predicted molar refractivity (Wildman–Crippen MR) is 92.4 cm³/mol. The number of aryl methyl sites for hydroxylation is 1. The number of rotatable bonds is 3. The van der Waals surface area contributed by atoms with Gasteiger partial charge in [0, 0.05) is 21.0 Å². The van der Waals surface area contributed by atoms with Crippen molar-refractivity contribution in [3.8, 4) is 21.1 Å². The van der Waals surface area contributed by atoms with Crippen LogP contribution in [0.5, 0.6) is 0 Å². The number of halogens is 4. The van der Waals surface area contributed by atoms with Gasteiger partial charge in [0.2, 0.25) is 0 Å². The van der Waals surface area contributed by atoms with Crippen LogP contribution in [0.4, 0.5) is 13.2 Å². The lowest BCUT2D eigenvalue weighted by atomic mass is 10.2. The summed E-state index contributed by atoms with van der Waals surface area (Å²) in [7, 11) is 0. The molecule has 8 heteroatoms. The average molecular weight is 387 g/mol. The van der Waals surface area contributed by atoms with Gasteiger partial charge in [0.25, 0.3) is 0 Å². The third-order valence-electron chi connectivity index (χ3n) is 3.18. The van der Waals surface area contributed by atoms with E-state index in [-0.39, 0.29) is 16.7 Å². The molecule has 3 rings (SSSR count). The number of benzene rings is 2. The van der Waals surface area contributed by atoms with E-state index in [4.69, 9.17) is 11.6 Å². The SMILES string of the molecule is Cc1ccc(-c2nnc(-c3ccc(SC(F)(F)F)cc3)s2)cc1Cl. The molecular weight excluding hydrogens is 377 g/mol. The first-order valence-electron chi connectivity index (χ1n) is 6.78. The molecule has 2 aromatic carbocycles. The molecule has 124 valence electrons. The van der Waals surface area contributed by atoms with Gasteiger partial charge in [-0.25, -0.2) is 0 Å². The maximum atomic E-state index is 12.3. The highest BCUT2D eigenvalue weighted by Gasteiger charge is 2.29. The van der Waals surface area contributed by atoms with Crippen LogP contribution in [-0.4, -0.2) is 15.7 Å². The summed E-state index contributed by atoms with van der Waals surface area (Å²) in [5.41, 5.74) is -1.73. The third kappa shape index (κ3) is 4.09. The van der Waals surface area contributed by atoms with E-state index < -0.39 is 5.51 Å². The van der Waals surface area contributed by atoms with Crippen molar-refractivity contribution in [2.45, 2.75) is 17.3 Å². The molecule has 2 nitrogen and oxygen atoms in total. The highest BCUT2D eigenvalue weighted by Crippen LogP contribution is 2.38. The van der Waals surface area contributed by atoms with Gasteiger partial charge in [-0.2, -0.15) is 13.2 Å². The summed E-state index contributed by atoms with van der Waals surface area (Å²) in [6.07, 6.45) is 0. The normalized spacial score (nSPS) is 11.7. The summed E-state index contributed by atoms with van der Waals surface area (Å²) < 4.78 is 37.0. The van der Waals surface area contributed by atoms with Crippen LogP contribution in [0.2, 0.25) is 5.02 Å². The summed E-state index contributed by atoms with van der Waals surface area (Å²) >= 11 is 7.35. The van der Waals surface area contributed by atoms with Crippen molar-refractivity contribution < 1.29 is 13.2 Å². The zero-order valence-corrected chi connectivity index (χ0v) is 14.7. The molecular formula is C16H10ClF3N2S2. The van der Waals surface area contributed by atoms with Crippen LogP contribution in [0.1, 0.15) is 5.56 Å². The number of nitrogens with zero attached hydrogens (tertiary/aromatic N) is 2. The lowest BCUT2D eigenvalue weighted by Crippen LogP contribution is -1.98. The molecule has 0 amide bonds. The fraction of sp³-hybridized carbons (Fsp3) is 0.125. The second kappa shape index (κ2) is 6.74. The van der Waals surface area contributed by atoms with E-state index in [2.05, 4.69) is 10.2 Å². The standard InChI is InChI=1S/C16H10ClF3N2S2/c1-9-2-3-11(8-13(9)17)15-22-21-14(23-15)10-4-6-12(7-5-10)24-16(18,19)20/h2-8H,1H3. The molecule has 24 heavy (non-hydrogen) atoms. The van der Waals surface area contributed by atoms with Gasteiger partial charge in [0.15, 0.2) is 0 Å². The fourth-order valence-corrected chi connectivity index (χ4v) is 3.55. The predicted octanol–water partition coefficient (Wildman–Crippen LogP) is 6.45. The Morgan fingerprint density at radius 2 is 1.54 bits per heavy atom. The maximum Gasteiger partial charge on any atom is 0.446 e. The van der Waals surface area contributed by atoms with Crippen LogP contribution >= 0.6 is 34.7 Å². The molecule has 0 N–H and O–H groups in total. The molecule has 0 fully saturated rings. The summed E-state index contributed by atoms with van der Waals surface area (Å²) in [6.45, 7) is 1.91. The Balaban J connectivity index is 1.84.